The second kappa shape index (κ2) is 6.70. The molecule has 0 saturated heterocycles. The molecule has 5 nitrogen and oxygen atoms in total. The van der Waals surface area contributed by atoms with Gasteiger partial charge in [-0.05, 0) is 11.6 Å². The third kappa shape index (κ3) is 3.16. The number of carbonyl (C=O) groups excluding carboxylic acids is 1. The third-order valence-electron chi connectivity index (χ3n) is 3.84. The number of rotatable bonds is 5. The van der Waals surface area contributed by atoms with Crippen molar-refractivity contribution in [3.05, 3.63) is 71.9 Å². The summed E-state index contributed by atoms with van der Waals surface area (Å²) in [6.07, 6.45) is 1.78. The molecule has 0 amide bonds. The summed E-state index contributed by atoms with van der Waals surface area (Å²) in [6, 6.07) is 17.5. The number of aromatic amines is 1. The molecule has 25 heavy (non-hydrogen) atoms. The molecule has 2 heterocycles. The number of carbonyl (C=O) groups is 1. The van der Waals surface area contributed by atoms with Crippen molar-refractivity contribution in [1.29, 1.82) is 0 Å². The van der Waals surface area contributed by atoms with Gasteiger partial charge in [-0.3, -0.25) is 4.79 Å². The molecule has 0 aliphatic carbocycles. The molecule has 124 valence electrons. The number of nitrogens with zero attached hydrogens (tertiary/aromatic N) is 2. The number of nitrogens with one attached hydrogen (secondary N) is 1. The van der Waals surface area contributed by atoms with E-state index in [1.165, 1.54) is 23.1 Å². The summed E-state index contributed by atoms with van der Waals surface area (Å²) in [4.78, 5) is 16.5. The topological polar surface area (TPSA) is 84.7 Å². The molecule has 3 N–H and O–H groups in total. The van der Waals surface area contributed by atoms with Gasteiger partial charge in [-0.15, -0.1) is 10.2 Å². The zero-order valence-electron chi connectivity index (χ0n) is 13.0. The van der Waals surface area contributed by atoms with E-state index in [1.54, 1.807) is 6.20 Å². The first-order valence-corrected chi connectivity index (χ1v) is 9.33. The fraction of sp³-hybridized carbons (Fsp3) is 0.0556. The molecule has 0 saturated carbocycles. The number of aromatic nitrogens is 3. The van der Waals surface area contributed by atoms with Gasteiger partial charge in [0, 0.05) is 22.7 Å². The lowest BCUT2D eigenvalue weighted by Crippen LogP contribution is -2.09. The van der Waals surface area contributed by atoms with Gasteiger partial charge in [0.25, 0.3) is 0 Å². The van der Waals surface area contributed by atoms with E-state index in [-0.39, 0.29) is 5.78 Å². The van der Waals surface area contributed by atoms with Gasteiger partial charge < -0.3 is 10.7 Å². The number of benzene rings is 2. The van der Waals surface area contributed by atoms with E-state index < -0.39 is 5.25 Å². The summed E-state index contributed by atoms with van der Waals surface area (Å²) in [5.74, 6) is 0.0300. The predicted octanol–water partition coefficient (Wildman–Crippen LogP) is 4.32. The second-order valence-electron chi connectivity index (χ2n) is 5.43. The van der Waals surface area contributed by atoms with Gasteiger partial charge in [-0.25, -0.2) is 0 Å². The third-order valence-corrected chi connectivity index (χ3v) is 5.93. The number of H-pyrrole nitrogens is 1. The quantitative estimate of drug-likeness (QED) is 0.406. The fourth-order valence-corrected chi connectivity index (χ4v) is 4.58. The molecule has 2 aromatic carbocycles. The predicted molar refractivity (Wildman–Crippen MR) is 102 cm³/mol. The Morgan fingerprint density at radius 3 is 2.60 bits per heavy atom. The summed E-state index contributed by atoms with van der Waals surface area (Å²) < 4.78 is 0.680. The maximum absolute atomic E-state index is 13.3. The minimum atomic E-state index is -0.409. The van der Waals surface area contributed by atoms with E-state index in [0.717, 1.165) is 16.5 Å². The van der Waals surface area contributed by atoms with Gasteiger partial charge in [0.15, 0.2) is 10.1 Å². The first kappa shape index (κ1) is 15.9. The lowest BCUT2D eigenvalue weighted by Gasteiger charge is -2.14. The molecule has 0 unspecified atom stereocenters. The van der Waals surface area contributed by atoms with Gasteiger partial charge in [0.05, 0.1) is 0 Å². The highest BCUT2D eigenvalue weighted by Gasteiger charge is 2.26. The number of hydrogen-bond acceptors (Lipinski definition) is 6. The van der Waals surface area contributed by atoms with E-state index in [2.05, 4.69) is 15.2 Å². The van der Waals surface area contributed by atoms with Gasteiger partial charge >= 0.3 is 0 Å². The van der Waals surface area contributed by atoms with Crippen molar-refractivity contribution in [2.45, 2.75) is 9.59 Å². The molecule has 0 aliphatic heterocycles. The molecule has 1 atom stereocenters. The van der Waals surface area contributed by atoms with Crippen LogP contribution in [0.5, 0.6) is 0 Å². The van der Waals surface area contributed by atoms with Crippen molar-refractivity contribution in [1.82, 2.24) is 15.2 Å². The fourth-order valence-electron chi connectivity index (χ4n) is 2.69. The lowest BCUT2D eigenvalue weighted by atomic mass is 10.0. The van der Waals surface area contributed by atoms with Crippen molar-refractivity contribution in [2.75, 3.05) is 5.73 Å². The molecule has 4 rings (SSSR count). The summed E-state index contributed by atoms with van der Waals surface area (Å²) in [7, 11) is 0. The van der Waals surface area contributed by atoms with E-state index in [0.29, 0.717) is 15.0 Å². The first-order chi connectivity index (χ1) is 12.2. The molecule has 7 heteroatoms. The number of anilines is 1. The molecular formula is C18H14N4OS2. The van der Waals surface area contributed by atoms with Crippen molar-refractivity contribution < 1.29 is 4.79 Å². The summed E-state index contributed by atoms with van der Waals surface area (Å²) in [6.45, 7) is 0. The zero-order valence-corrected chi connectivity index (χ0v) is 14.7. The van der Waals surface area contributed by atoms with Crippen LogP contribution in [0, 0.1) is 0 Å². The standard InChI is InChI=1S/C18H14N4OS2/c19-17-21-22-18(25-17)24-16(11-6-2-1-3-7-11)15(23)13-10-20-14-9-5-4-8-12(13)14/h1-10,16,20H,(H2,19,21)/t16-/m1/s1. The number of ketones is 1. The Hall–Kier alpha value is -2.64. The summed E-state index contributed by atoms with van der Waals surface area (Å²) in [5.41, 5.74) is 8.23. The highest BCUT2D eigenvalue weighted by Crippen LogP contribution is 2.40. The SMILES string of the molecule is Nc1nnc(S[C@@H](C(=O)c2c[nH]c3ccccc23)c2ccccc2)s1. The molecule has 0 bridgehead atoms. The van der Waals surface area contributed by atoms with E-state index >= 15 is 0 Å². The van der Waals surface area contributed by atoms with Crippen LogP contribution in [0.1, 0.15) is 21.2 Å². The summed E-state index contributed by atoms with van der Waals surface area (Å²) in [5, 5.41) is 8.81. The van der Waals surface area contributed by atoms with Crippen LogP contribution in [0.25, 0.3) is 10.9 Å². The van der Waals surface area contributed by atoms with E-state index in [1.807, 2.05) is 54.6 Å². The van der Waals surface area contributed by atoms with E-state index in [4.69, 9.17) is 5.73 Å². The molecule has 0 radical (unpaired) electrons. The second-order valence-corrected chi connectivity index (χ2v) is 7.79. The molecular weight excluding hydrogens is 352 g/mol. The Kier molecular flexibility index (Phi) is 4.25. The largest absolute Gasteiger partial charge is 0.374 e. The van der Waals surface area contributed by atoms with Crippen molar-refractivity contribution >= 4 is 44.9 Å². The normalized spacial score (nSPS) is 12.3. The van der Waals surface area contributed by atoms with Gasteiger partial charge in [0.2, 0.25) is 5.13 Å². The number of nitrogens with two attached hydrogens (primary N) is 1. The average Bonchev–Trinajstić information content (AvgIpc) is 3.26. The maximum Gasteiger partial charge on any atom is 0.203 e. The number of Topliss-reactive ketones (excluding diaryl/α,β-unsaturated/α-hetero) is 1. The van der Waals surface area contributed by atoms with Crippen LogP contribution < -0.4 is 5.73 Å². The van der Waals surface area contributed by atoms with Crippen LogP contribution in [0.2, 0.25) is 0 Å². The minimum Gasteiger partial charge on any atom is -0.374 e. The van der Waals surface area contributed by atoms with Crippen LogP contribution in [-0.4, -0.2) is 21.0 Å². The Bertz CT molecular complexity index is 1030. The lowest BCUT2D eigenvalue weighted by molar-refractivity contribution is 0.0991. The Balaban J connectivity index is 1.75. The van der Waals surface area contributed by atoms with Crippen molar-refractivity contribution in [3.63, 3.8) is 0 Å². The molecule has 0 fully saturated rings. The molecule has 4 aromatic rings. The highest BCUT2D eigenvalue weighted by atomic mass is 32.2. The first-order valence-electron chi connectivity index (χ1n) is 7.63. The molecule has 0 spiro atoms. The highest BCUT2D eigenvalue weighted by molar-refractivity contribution is 8.02. The number of para-hydroxylation sites is 1. The van der Waals surface area contributed by atoms with E-state index in [9.17, 15) is 4.79 Å². The van der Waals surface area contributed by atoms with Gasteiger partial charge in [0.1, 0.15) is 5.25 Å². The van der Waals surface area contributed by atoms with Crippen molar-refractivity contribution in [3.8, 4) is 0 Å². The smallest absolute Gasteiger partial charge is 0.203 e. The zero-order chi connectivity index (χ0) is 17.2. The Labute approximate surface area is 152 Å². The Morgan fingerprint density at radius 2 is 1.84 bits per heavy atom. The summed E-state index contributed by atoms with van der Waals surface area (Å²) >= 11 is 2.67. The van der Waals surface area contributed by atoms with Crippen molar-refractivity contribution in [2.24, 2.45) is 0 Å². The van der Waals surface area contributed by atoms with Gasteiger partial charge in [-0.1, -0.05) is 71.6 Å². The minimum absolute atomic E-state index is 0.0300. The van der Waals surface area contributed by atoms with Crippen LogP contribution in [0.4, 0.5) is 5.13 Å². The number of nitrogen functional groups attached to an aromatic ring is 1. The number of fused-ring (bicyclic) bond motifs is 1. The number of hydrogen-bond donors (Lipinski definition) is 2. The molecule has 2 aromatic heterocycles. The van der Waals surface area contributed by atoms with Gasteiger partial charge in [-0.2, -0.15) is 0 Å². The van der Waals surface area contributed by atoms with Crippen LogP contribution >= 0.6 is 23.1 Å². The number of thioether (sulfide) groups is 1. The van der Waals surface area contributed by atoms with Crippen LogP contribution in [-0.2, 0) is 0 Å². The average molecular weight is 366 g/mol. The maximum atomic E-state index is 13.3. The van der Waals surface area contributed by atoms with Crippen LogP contribution in [0.3, 0.4) is 0 Å². The van der Waals surface area contributed by atoms with Crippen LogP contribution in [0.15, 0.2) is 65.1 Å². The monoisotopic (exact) mass is 366 g/mol. The Morgan fingerprint density at radius 1 is 1.08 bits per heavy atom. The molecule has 0 aliphatic rings.